The van der Waals surface area contributed by atoms with Crippen molar-refractivity contribution >= 4 is 12.2 Å². The monoisotopic (exact) mass is 208 g/mol. The quantitative estimate of drug-likeness (QED) is 0.703. The first-order chi connectivity index (χ1) is 7.20. The van der Waals surface area contributed by atoms with Gasteiger partial charge in [-0.15, -0.1) is 5.10 Å². The van der Waals surface area contributed by atoms with E-state index in [9.17, 15) is 9.59 Å². The molecular weight excluding hydrogens is 196 g/mol. The average molecular weight is 208 g/mol. The molecule has 1 atom stereocenters. The highest BCUT2D eigenvalue weighted by Gasteiger charge is 2.26. The number of rotatable bonds is 4. The van der Waals surface area contributed by atoms with Crippen LogP contribution in [0.25, 0.3) is 0 Å². The largest absolute Gasteiger partial charge is 0.352 e. The molecule has 1 aliphatic rings. The van der Waals surface area contributed by atoms with Crippen molar-refractivity contribution in [2.75, 3.05) is 0 Å². The van der Waals surface area contributed by atoms with Gasteiger partial charge in [0.15, 0.2) is 6.29 Å². The highest BCUT2D eigenvalue weighted by molar-refractivity contribution is 5.80. The molecule has 1 heterocycles. The van der Waals surface area contributed by atoms with Crippen LogP contribution in [0.15, 0.2) is 6.20 Å². The van der Waals surface area contributed by atoms with Crippen LogP contribution in [0.2, 0.25) is 0 Å². The fourth-order valence-electron chi connectivity index (χ4n) is 1.20. The predicted octanol–water partition coefficient (Wildman–Crippen LogP) is -0.0698. The van der Waals surface area contributed by atoms with Crippen molar-refractivity contribution in [3.05, 3.63) is 11.9 Å². The molecule has 1 fully saturated rings. The van der Waals surface area contributed by atoms with Crippen molar-refractivity contribution in [1.29, 1.82) is 0 Å². The number of amides is 1. The van der Waals surface area contributed by atoms with E-state index in [1.807, 2.05) is 0 Å². The number of aldehydes is 1. The van der Waals surface area contributed by atoms with Gasteiger partial charge in [0.05, 0.1) is 6.20 Å². The lowest BCUT2D eigenvalue weighted by molar-refractivity contribution is -0.124. The van der Waals surface area contributed by atoms with Crippen LogP contribution >= 0.6 is 0 Å². The molecular formula is C9H12N4O2. The molecule has 1 aliphatic carbocycles. The first kappa shape index (κ1) is 9.82. The molecule has 1 saturated carbocycles. The van der Waals surface area contributed by atoms with Gasteiger partial charge >= 0.3 is 0 Å². The minimum Gasteiger partial charge on any atom is -0.352 e. The molecule has 1 amide bonds. The van der Waals surface area contributed by atoms with Crippen LogP contribution in [0.4, 0.5) is 0 Å². The summed E-state index contributed by atoms with van der Waals surface area (Å²) < 4.78 is 1.39. The molecule has 6 nitrogen and oxygen atoms in total. The van der Waals surface area contributed by atoms with Crippen LogP contribution in [0.1, 0.15) is 36.3 Å². The summed E-state index contributed by atoms with van der Waals surface area (Å²) in [6, 6.07) is -0.0965. The summed E-state index contributed by atoms with van der Waals surface area (Å²) in [7, 11) is 0. The Balaban J connectivity index is 2.01. The van der Waals surface area contributed by atoms with Crippen LogP contribution < -0.4 is 5.32 Å². The first-order valence-corrected chi connectivity index (χ1v) is 4.88. The number of hydrogen-bond donors (Lipinski definition) is 1. The second-order valence-electron chi connectivity index (χ2n) is 3.70. The molecule has 2 rings (SSSR count). The molecule has 1 N–H and O–H groups in total. The van der Waals surface area contributed by atoms with Crippen molar-refractivity contribution in [3.8, 4) is 0 Å². The Hall–Kier alpha value is -1.72. The molecule has 1 unspecified atom stereocenters. The van der Waals surface area contributed by atoms with E-state index < -0.39 is 6.04 Å². The lowest BCUT2D eigenvalue weighted by Crippen LogP contribution is -2.32. The molecule has 80 valence electrons. The molecule has 0 aromatic carbocycles. The number of hydrogen-bond acceptors (Lipinski definition) is 4. The zero-order valence-corrected chi connectivity index (χ0v) is 8.38. The van der Waals surface area contributed by atoms with Crippen LogP contribution in [0, 0.1) is 0 Å². The minimum atomic E-state index is -0.424. The molecule has 1 aromatic heterocycles. The van der Waals surface area contributed by atoms with Gasteiger partial charge in [-0.25, -0.2) is 4.68 Å². The van der Waals surface area contributed by atoms with Gasteiger partial charge in [0, 0.05) is 6.04 Å². The van der Waals surface area contributed by atoms with Crippen molar-refractivity contribution in [2.24, 2.45) is 0 Å². The van der Waals surface area contributed by atoms with E-state index in [0.717, 1.165) is 12.8 Å². The number of carbonyl (C=O) groups is 2. The summed E-state index contributed by atoms with van der Waals surface area (Å²) in [5.74, 6) is -0.0835. The van der Waals surface area contributed by atoms with Crippen LogP contribution in [0.3, 0.4) is 0 Å². The fourth-order valence-corrected chi connectivity index (χ4v) is 1.20. The van der Waals surface area contributed by atoms with Gasteiger partial charge in [-0.05, 0) is 19.8 Å². The van der Waals surface area contributed by atoms with E-state index in [2.05, 4.69) is 15.6 Å². The first-order valence-electron chi connectivity index (χ1n) is 4.88. The van der Waals surface area contributed by atoms with Gasteiger partial charge in [0.25, 0.3) is 0 Å². The summed E-state index contributed by atoms with van der Waals surface area (Å²) in [5.41, 5.74) is 0.237. The molecule has 0 radical (unpaired) electrons. The smallest absolute Gasteiger partial charge is 0.244 e. The molecule has 0 saturated heterocycles. The van der Waals surface area contributed by atoms with Gasteiger partial charge < -0.3 is 5.32 Å². The van der Waals surface area contributed by atoms with Crippen molar-refractivity contribution in [3.63, 3.8) is 0 Å². The Morgan fingerprint density at radius 3 is 3.00 bits per heavy atom. The Bertz CT molecular complexity index is 383. The maximum absolute atomic E-state index is 11.6. The second-order valence-corrected chi connectivity index (χ2v) is 3.70. The summed E-state index contributed by atoms with van der Waals surface area (Å²) in [6.07, 6.45) is 4.17. The summed E-state index contributed by atoms with van der Waals surface area (Å²) in [6.45, 7) is 1.72. The maximum Gasteiger partial charge on any atom is 0.244 e. The van der Waals surface area contributed by atoms with E-state index in [1.54, 1.807) is 6.92 Å². The van der Waals surface area contributed by atoms with Crippen molar-refractivity contribution < 1.29 is 9.59 Å². The molecule has 1 aromatic rings. The van der Waals surface area contributed by atoms with E-state index >= 15 is 0 Å². The van der Waals surface area contributed by atoms with Gasteiger partial charge in [-0.3, -0.25) is 9.59 Å². The van der Waals surface area contributed by atoms with Crippen LogP contribution in [-0.2, 0) is 4.79 Å². The number of nitrogens with zero attached hydrogens (tertiary/aromatic N) is 3. The van der Waals surface area contributed by atoms with Gasteiger partial charge in [0.1, 0.15) is 11.7 Å². The Labute approximate surface area is 86.6 Å². The Morgan fingerprint density at radius 2 is 2.47 bits per heavy atom. The average Bonchev–Trinajstić information content (AvgIpc) is 2.92. The molecule has 15 heavy (non-hydrogen) atoms. The normalized spacial score (nSPS) is 17.1. The third-order valence-electron chi connectivity index (χ3n) is 2.35. The Kier molecular flexibility index (Phi) is 2.49. The fraction of sp³-hybridized carbons (Fsp3) is 0.556. The summed E-state index contributed by atoms with van der Waals surface area (Å²) in [5, 5.41) is 10.2. The molecule has 0 spiro atoms. The lowest BCUT2D eigenvalue weighted by atomic mass is 10.3. The number of nitrogens with one attached hydrogen (secondary N) is 1. The zero-order valence-electron chi connectivity index (χ0n) is 8.38. The van der Waals surface area contributed by atoms with Gasteiger partial charge in [-0.2, -0.15) is 0 Å². The topological polar surface area (TPSA) is 76.9 Å². The summed E-state index contributed by atoms with van der Waals surface area (Å²) in [4.78, 5) is 22.0. The predicted molar refractivity (Wildman–Crippen MR) is 51.3 cm³/mol. The summed E-state index contributed by atoms with van der Waals surface area (Å²) >= 11 is 0. The van der Waals surface area contributed by atoms with Crippen LogP contribution in [-0.4, -0.2) is 33.2 Å². The van der Waals surface area contributed by atoms with Gasteiger partial charge in [0.2, 0.25) is 5.91 Å². The number of carbonyl (C=O) groups excluding carboxylic acids is 2. The second kappa shape index (κ2) is 3.80. The Morgan fingerprint density at radius 1 is 1.73 bits per heavy atom. The SMILES string of the molecule is CC(C(=O)NC1CC1)n1cc(C=O)nn1. The zero-order chi connectivity index (χ0) is 10.8. The maximum atomic E-state index is 11.6. The lowest BCUT2D eigenvalue weighted by Gasteiger charge is -2.10. The van der Waals surface area contributed by atoms with Crippen molar-refractivity contribution in [1.82, 2.24) is 20.3 Å². The number of aromatic nitrogens is 3. The third kappa shape index (κ3) is 2.20. The molecule has 0 aliphatic heterocycles. The van der Waals surface area contributed by atoms with E-state index in [4.69, 9.17) is 0 Å². The van der Waals surface area contributed by atoms with Crippen LogP contribution in [0.5, 0.6) is 0 Å². The highest BCUT2D eigenvalue weighted by Crippen LogP contribution is 2.19. The van der Waals surface area contributed by atoms with E-state index in [-0.39, 0.29) is 11.6 Å². The molecule has 6 heteroatoms. The standard InChI is InChI=1S/C9H12N4O2/c1-6(9(15)10-7-2-3-7)13-4-8(5-14)11-12-13/h4-7H,2-3H2,1H3,(H,10,15). The van der Waals surface area contributed by atoms with E-state index in [1.165, 1.54) is 10.9 Å². The molecule has 0 bridgehead atoms. The highest BCUT2D eigenvalue weighted by atomic mass is 16.2. The van der Waals surface area contributed by atoms with Crippen molar-refractivity contribution in [2.45, 2.75) is 31.8 Å². The van der Waals surface area contributed by atoms with Gasteiger partial charge in [-0.1, -0.05) is 5.21 Å². The van der Waals surface area contributed by atoms with E-state index in [0.29, 0.717) is 12.3 Å². The minimum absolute atomic E-state index is 0.0835. The third-order valence-corrected chi connectivity index (χ3v) is 2.35.